The van der Waals surface area contributed by atoms with Crippen LogP contribution in [0, 0.1) is 5.82 Å². The summed E-state index contributed by atoms with van der Waals surface area (Å²) in [5, 5.41) is 3.42. The van der Waals surface area contributed by atoms with Crippen LogP contribution in [-0.4, -0.2) is 30.3 Å². The number of ether oxygens (including phenoxy) is 1. The fraction of sp³-hybridized carbons (Fsp3) is 0.385. The molecule has 9 heteroatoms. The largest absolute Gasteiger partial charge is 0.463 e. The van der Waals surface area contributed by atoms with Crippen LogP contribution in [0.15, 0.2) is 24.3 Å². The quantitative estimate of drug-likeness (QED) is 0.495. The lowest BCUT2D eigenvalue weighted by atomic mass is 10.1. The molecule has 22 heavy (non-hydrogen) atoms. The molecule has 5 nitrogen and oxygen atoms in total. The van der Waals surface area contributed by atoms with Crippen molar-refractivity contribution >= 4 is 17.6 Å². The van der Waals surface area contributed by atoms with E-state index in [0.29, 0.717) is 0 Å². The minimum Gasteiger partial charge on any atom is -0.463 e. The van der Waals surface area contributed by atoms with E-state index < -0.39 is 29.5 Å². The standard InChI is InChI=1S/C13H14F4N2O3/c1-3-22-11(21)12(13(15,16)17,18-8(2)20)19-10-6-4-9(14)5-7-10/h4-7,19H,3H2,1-2H3,(H,18,20)/t12-/m1/s1. The molecule has 0 aliphatic heterocycles. The fourth-order valence-electron chi connectivity index (χ4n) is 1.64. The topological polar surface area (TPSA) is 67.4 Å². The summed E-state index contributed by atoms with van der Waals surface area (Å²) in [6, 6.07) is 3.80. The summed E-state index contributed by atoms with van der Waals surface area (Å²) in [7, 11) is 0. The molecule has 1 atom stereocenters. The normalized spacial score (nSPS) is 13.9. The van der Waals surface area contributed by atoms with Gasteiger partial charge in [0, 0.05) is 12.6 Å². The Morgan fingerprint density at radius 2 is 1.73 bits per heavy atom. The zero-order chi connectivity index (χ0) is 17.0. The predicted molar refractivity (Wildman–Crippen MR) is 69.3 cm³/mol. The van der Waals surface area contributed by atoms with E-state index in [1.54, 1.807) is 0 Å². The Balaban J connectivity index is 3.31. The van der Waals surface area contributed by atoms with Gasteiger partial charge in [0.1, 0.15) is 5.82 Å². The Morgan fingerprint density at radius 1 is 1.18 bits per heavy atom. The van der Waals surface area contributed by atoms with E-state index in [0.717, 1.165) is 31.2 Å². The fourth-order valence-corrected chi connectivity index (χ4v) is 1.64. The van der Waals surface area contributed by atoms with Crippen LogP contribution in [-0.2, 0) is 14.3 Å². The number of benzene rings is 1. The number of carbonyl (C=O) groups is 2. The highest BCUT2D eigenvalue weighted by molar-refractivity contribution is 5.90. The molecule has 0 saturated heterocycles. The molecule has 0 fully saturated rings. The third-order valence-electron chi connectivity index (χ3n) is 2.55. The van der Waals surface area contributed by atoms with E-state index in [1.807, 2.05) is 5.32 Å². The van der Waals surface area contributed by atoms with Crippen molar-refractivity contribution in [3.8, 4) is 0 Å². The molecule has 0 bridgehead atoms. The van der Waals surface area contributed by atoms with Crippen molar-refractivity contribution in [2.75, 3.05) is 11.9 Å². The van der Waals surface area contributed by atoms with Gasteiger partial charge in [-0.25, -0.2) is 9.18 Å². The van der Waals surface area contributed by atoms with Crippen molar-refractivity contribution in [1.82, 2.24) is 5.32 Å². The van der Waals surface area contributed by atoms with Crippen LogP contribution < -0.4 is 10.6 Å². The summed E-state index contributed by atoms with van der Waals surface area (Å²) in [5.41, 5.74) is -3.69. The minimum absolute atomic E-state index is 0.222. The smallest absolute Gasteiger partial charge is 0.441 e. The number of carbonyl (C=O) groups excluding carboxylic acids is 2. The monoisotopic (exact) mass is 322 g/mol. The van der Waals surface area contributed by atoms with Crippen LogP contribution in [0.25, 0.3) is 0 Å². The molecule has 0 aliphatic carbocycles. The maximum Gasteiger partial charge on any atom is 0.441 e. The lowest BCUT2D eigenvalue weighted by molar-refractivity contribution is -0.207. The first kappa shape index (κ1) is 17.7. The molecule has 2 N–H and O–H groups in total. The van der Waals surface area contributed by atoms with Gasteiger partial charge in [0.15, 0.2) is 0 Å². The van der Waals surface area contributed by atoms with Crippen LogP contribution in [0.3, 0.4) is 0 Å². The molecule has 0 unspecified atom stereocenters. The average Bonchev–Trinajstić information content (AvgIpc) is 2.39. The number of alkyl halides is 3. The number of anilines is 1. The molecular formula is C13H14F4N2O3. The first-order chi connectivity index (χ1) is 10.1. The highest BCUT2D eigenvalue weighted by atomic mass is 19.4. The van der Waals surface area contributed by atoms with Gasteiger partial charge in [-0.3, -0.25) is 4.79 Å². The van der Waals surface area contributed by atoms with Gasteiger partial charge in [-0.1, -0.05) is 0 Å². The number of halogens is 4. The molecule has 0 aromatic heterocycles. The molecule has 0 saturated carbocycles. The van der Waals surface area contributed by atoms with Crippen molar-refractivity contribution in [3.05, 3.63) is 30.1 Å². The molecule has 0 radical (unpaired) electrons. The highest BCUT2D eigenvalue weighted by Gasteiger charge is 2.63. The summed E-state index contributed by atoms with van der Waals surface area (Å²) >= 11 is 0. The summed E-state index contributed by atoms with van der Waals surface area (Å²) in [5.74, 6) is -3.49. The highest BCUT2D eigenvalue weighted by Crippen LogP contribution is 2.33. The average molecular weight is 322 g/mol. The van der Waals surface area contributed by atoms with Gasteiger partial charge in [0.05, 0.1) is 6.61 Å². The molecule has 1 aromatic carbocycles. The second-order valence-corrected chi connectivity index (χ2v) is 4.28. The number of hydrogen-bond acceptors (Lipinski definition) is 4. The van der Waals surface area contributed by atoms with Gasteiger partial charge >= 0.3 is 17.8 Å². The van der Waals surface area contributed by atoms with E-state index in [9.17, 15) is 27.2 Å². The first-order valence-electron chi connectivity index (χ1n) is 6.19. The summed E-state index contributed by atoms with van der Waals surface area (Å²) in [6.07, 6.45) is -5.20. The maximum absolute atomic E-state index is 13.4. The van der Waals surface area contributed by atoms with E-state index in [4.69, 9.17) is 0 Å². The van der Waals surface area contributed by atoms with Crippen molar-refractivity contribution in [3.63, 3.8) is 0 Å². The number of rotatable bonds is 5. The molecule has 0 spiro atoms. The number of hydrogen-bond donors (Lipinski definition) is 2. The summed E-state index contributed by atoms with van der Waals surface area (Å²) in [6.45, 7) is 1.83. The van der Waals surface area contributed by atoms with E-state index in [1.165, 1.54) is 12.2 Å². The van der Waals surface area contributed by atoms with Gasteiger partial charge in [-0.15, -0.1) is 0 Å². The summed E-state index contributed by atoms with van der Waals surface area (Å²) in [4.78, 5) is 23.0. The van der Waals surface area contributed by atoms with E-state index in [-0.39, 0.29) is 12.3 Å². The second-order valence-electron chi connectivity index (χ2n) is 4.28. The molecule has 122 valence electrons. The van der Waals surface area contributed by atoms with Crippen LogP contribution in [0.2, 0.25) is 0 Å². The van der Waals surface area contributed by atoms with Crippen molar-refractivity contribution < 1.29 is 31.9 Å². The Bertz CT molecular complexity index is 545. The number of nitrogens with one attached hydrogen (secondary N) is 2. The minimum atomic E-state index is -5.20. The third-order valence-corrected chi connectivity index (χ3v) is 2.55. The molecule has 1 aromatic rings. The van der Waals surface area contributed by atoms with Crippen LogP contribution in [0.1, 0.15) is 13.8 Å². The first-order valence-corrected chi connectivity index (χ1v) is 6.19. The third kappa shape index (κ3) is 3.86. The Hall–Kier alpha value is -2.32. The second kappa shape index (κ2) is 6.63. The van der Waals surface area contributed by atoms with Gasteiger partial charge in [0.25, 0.3) is 0 Å². The lowest BCUT2D eigenvalue weighted by Gasteiger charge is -2.35. The van der Waals surface area contributed by atoms with Gasteiger partial charge in [-0.2, -0.15) is 13.2 Å². The lowest BCUT2D eigenvalue weighted by Crippen LogP contribution is -2.69. The molecule has 0 heterocycles. The number of amides is 1. The Labute approximate surface area is 123 Å². The molecule has 0 aliphatic rings. The Morgan fingerprint density at radius 3 is 2.14 bits per heavy atom. The molecular weight excluding hydrogens is 308 g/mol. The maximum atomic E-state index is 13.4. The predicted octanol–water partition coefficient (Wildman–Crippen LogP) is 2.20. The van der Waals surface area contributed by atoms with Gasteiger partial charge in [-0.05, 0) is 31.2 Å². The van der Waals surface area contributed by atoms with Crippen LogP contribution in [0.4, 0.5) is 23.2 Å². The zero-order valence-corrected chi connectivity index (χ0v) is 11.8. The Kier molecular flexibility index (Phi) is 5.34. The number of esters is 1. The SMILES string of the molecule is CCOC(=O)[C@@](NC(C)=O)(Nc1ccc(F)cc1)C(F)(F)F. The van der Waals surface area contributed by atoms with E-state index in [2.05, 4.69) is 4.74 Å². The van der Waals surface area contributed by atoms with Crippen LogP contribution >= 0.6 is 0 Å². The van der Waals surface area contributed by atoms with Crippen molar-refractivity contribution in [2.24, 2.45) is 0 Å². The van der Waals surface area contributed by atoms with Crippen molar-refractivity contribution in [1.29, 1.82) is 0 Å². The zero-order valence-electron chi connectivity index (χ0n) is 11.8. The van der Waals surface area contributed by atoms with Crippen molar-refractivity contribution in [2.45, 2.75) is 25.7 Å². The van der Waals surface area contributed by atoms with Gasteiger partial charge < -0.3 is 15.4 Å². The van der Waals surface area contributed by atoms with E-state index >= 15 is 0 Å². The summed E-state index contributed by atoms with van der Waals surface area (Å²) < 4.78 is 57.5. The van der Waals surface area contributed by atoms with Gasteiger partial charge in [0.2, 0.25) is 5.91 Å². The molecule has 1 amide bonds. The molecule has 1 rings (SSSR count). The van der Waals surface area contributed by atoms with Crippen LogP contribution in [0.5, 0.6) is 0 Å².